The molecule has 0 radical (unpaired) electrons. The van der Waals surface area contributed by atoms with Crippen LogP contribution in [-0.4, -0.2) is 0 Å². The van der Waals surface area contributed by atoms with E-state index in [0.29, 0.717) is 0 Å². The van der Waals surface area contributed by atoms with Crippen molar-refractivity contribution in [1.29, 1.82) is 0 Å². The summed E-state index contributed by atoms with van der Waals surface area (Å²) in [6, 6.07) is 170. The SMILES string of the molecule is CC1(C)c2ccccc2C2(c3ccccc3-c3cc(N(c4ccc(-c5ccccc5)cc4)c4cccc(-c5ccccc5)c4)ccc32)c2ccccc21.c1ccc(-c2ccc(N(c3cccc(-c4ccccc4)c3)c3ccc4c(c3)-c3ccccc3C43c4ccccc4C(c4ccccc4)(c4ccccc4)c4ccccc43)cc2)cc1. The molecule has 0 unspecified atom stereocenters. The summed E-state index contributed by atoms with van der Waals surface area (Å²) in [4.78, 5) is 4.84. The fourth-order valence-corrected chi connectivity index (χ4v) is 20.4. The van der Waals surface area contributed by atoms with Gasteiger partial charge in [0.2, 0.25) is 0 Å². The summed E-state index contributed by atoms with van der Waals surface area (Å²) in [6.45, 7) is 4.76. The molecule has 4 aliphatic carbocycles. The number of hydrogen-bond acceptors (Lipinski definition) is 2. The predicted molar refractivity (Wildman–Crippen MR) is 483 cm³/mol. The van der Waals surface area contributed by atoms with Gasteiger partial charge in [0.25, 0.3) is 0 Å². The van der Waals surface area contributed by atoms with E-state index in [9.17, 15) is 0 Å². The van der Waals surface area contributed by atoms with Gasteiger partial charge < -0.3 is 9.80 Å². The van der Waals surface area contributed by atoms with E-state index < -0.39 is 16.2 Å². The maximum atomic E-state index is 2.45. The Kier molecular flexibility index (Phi) is 17.0. The maximum absolute atomic E-state index is 2.45. The standard InChI is InChI=1S/C62H43N.C52H39N/c1-5-20-44(21-6-1)46-36-38-50(39-37-46)63(51-29-19-24-47(42-51)45-22-7-2-8-23-45)52-40-41-56-54(43-52)53-30-13-14-31-55(53)62(56)59-34-17-15-32-57(59)61(48-25-9-3-10-26-48,49-27-11-4-12-28-49)58-33-16-18-35-60(58)62;1-51(2)47-24-11-13-26-49(47)52(50-27-14-12-25-48(50)51)45-23-10-9-22-43(45)44-35-42(32-33-46(44)52)53(40-30-28-38(29-31-40)36-16-5-3-6-17-36)41-21-15-20-39(34-41)37-18-7-4-8-19-37/h1-43H;3-35H,1-2H3. The fraction of sp³-hybridized carbons (Fsp3) is 0.0526. The van der Waals surface area contributed by atoms with Gasteiger partial charge in [0.05, 0.1) is 16.2 Å². The Balaban J connectivity index is 0.000000147. The van der Waals surface area contributed by atoms with Gasteiger partial charge >= 0.3 is 0 Å². The molecule has 2 heteroatoms. The van der Waals surface area contributed by atoms with Crippen molar-refractivity contribution in [2.45, 2.75) is 35.5 Å². The van der Waals surface area contributed by atoms with Gasteiger partial charge in [0.15, 0.2) is 0 Å². The first-order chi connectivity index (χ1) is 57.3. The summed E-state index contributed by atoms with van der Waals surface area (Å²) in [6.07, 6.45) is 0. The van der Waals surface area contributed by atoms with E-state index >= 15 is 0 Å². The van der Waals surface area contributed by atoms with Crippen LogP contribution in [-0.2, 0) is 21.7 Å². The first-order valence-electron chi connectivity index (χ1n) is 40.5. The molecule has 0 bridgehead atoms. The molecule has 116 heavy (non-hydrogen) atoms. The molecule has 4 aliphatic rings. The van der Waals surface area contributed by atoms with Gasteiger partial charge in [-0.1, -0.05) is 402 Å². The van der Waals surface area contributed by atoms with Gasteiger partial charge in [-0.15, -0.1) is 0 Å². The Morgan fingerprint density at radius 1 is 0.147 bits per heavy atom. The minimum Gasteiger partial charge on any atom is -0.310 e. The Morgan fingerprint density at radius 3 is 0.724 bits per heavy atom. The lowest BCUT2D eigenvalue weighted by Crippen LogP contribution is -2.44. The van der Waals surface area contributed by atoms with Crippen molar-refractivity contribution >= 4 is 34.1 Å². The molecule has 18 aromatic carbocycles. The van der Waals surface area contributed by atoms with Gasteiger partial charge in [-0.3, -0.25) is 0 Å². The predicted octanol–water partition coefficient (Wildman–Crippen LogP) is 29.0. The molecule has 0 atom stereocenters. The highest BCUT2D eigenvalue weighted by atomic mass is 15.1. The smallest absolute Gasteiger partial charge is 0.0720 e. The van der Waals surface area contributed by atoms with Crippen LogP contribution in [0.25, 0.3) is 66.8 Å². The van der Waals surface area contributed by atoms with Crippen molar-refractivity contribution in [2.75, 3.05) is 9.80 Å². The summed E-state index contributed by atoms with van der Waals surface area (Å²) in [5.74, 6) is 0. The first-order valence-corrected chi connectivity index (χ1v) is 40.5. The summed E-state index contributed by atoms with van der Waals surface area (Å²) in [5.41, 5.74) is 38.4. The molecule has 0 N–H and O–H groups in total. The zero-order valence-electron chi connectivity index (χ0n) is 64.8. The lowest BCUT2D eigenvalue weighted by molar-refractivity contribution is 0.563. The molecule has 18 aromatic rings. The van der Waals surface area contributed by atoms with E-state index in [0.717, 1.165) is 34.1 Å². The molecule has 548 valence electrons. The van der Waals surface area contributed by atoms with E-state index in [1.165, 1.54) is 145 Å². The molecule has 2 spiro atoms. The van der Waals surface area contributed by atoms with E-state index in [-0.39, 0.29) is 5.41 Å². The Bertz CT molecular complexity index is 6570. The van der Waals surface area contributed by atoms with Crippen molar-refractivity contribution in [1.82, 2.24) is 0 Å². The molecule has 0 heterocycles. The normalized spacial score (nSPS) is 13.9. The minimum atomic E-state index is -0.555. The first kappa shape index (κ1) is 69.5. The van der Waals surface area contributed by atoms with Crippen molar-refractivity contribution in [2.24, 2.45) is 0 Å². The monoisotopic (exact) mass is 1480 g/mol. The van der Waals surface area contributed by atoms with Crippen LogP contribution in [0.15, 0.2) is 461 Å². The molecule has 0 aliphatic heterocycles. The van der Waals surface area contributed by atoms with Crippen LogP contribution in [0.1, 0.15) is 91.7 Å². The van der Waals surface area contributed by atoms with Gasteiger partial charge in [0.1, 0.15) is 0 Å². The third kappa shape index (κ3) is 10.9. The highest BCUT2D eigenvalue weighted by Gasteiger charge is 2.57. The second-order valence-corrected chi connectivity index (χ2v) is 31.7. The summed E-state index contributed by atoms with van der Waals surface area (Å²) >= 11 is 0. The van der Waals surface area contributed by atoms with Crippen LogP contribution in [0.4, 0.5) is 34.1 Å². The average molecular weight is 1480 g/mol. The highest BCUT2D eigenvalue weighted by Crippen LogP contribution is 2.66. The molecule has 2 nitrogen and oxygen atoms in total. The van der Waals surface area contributed by atoms with Crippen LogP contribution in [0.5, 0.6) is 0 Å². The number of benzene rings is 18. The topological polar surface area (TPSA) is 6.48 Å². The molecule has 22 rings (SSSR count). The van der Waals surface area contributed by atoms with Gasteiger partial charge in [-0.2, -0.15) is 0 Å². The molecule has 0 aromatic heterocycles. The summed E-state index contributed by atoms with van der Waals surface area (Å²) in [5, 5.41) is 0. The molecule has 0 fully saturated rings. The van der Waals surface area contributed by atoms with E-state index in [1.807, 2.05) is 0 Å². The van der Waals surface area contributed by atoms with Gasteiger partial charge in [-0.05, 0) is 217 Å². The number of nitrogens with zero attached hydrogens (tertiary/aromatic N) is 2. The summed E-state index contributed by atoms with van der Waals surface area (Å²) in [7, 11) is 0. The van der Waals surface area contributed by atoms with E-state index in [4.69, 9.17) is 0 Å². The fourth-order valence-electron chi connectivity index (χ4n) is 20.4. The number of rotatable bonds is 12. The van der Waals surface area contributed by atoms with E-state index in [1.54, 1.807) is 0 Å². The van der Waals surface area contributed by atoms with Crippen LogP contribution >= 0.6 is 0 Å². The van der Waals surface area contributed by atoms with E-state index in [2.05, 4.69) is 485 Å². The molecular formula is C114H82N2. The minimum absolute atomic E-state index is 0.122. The van der Waals surface area contributed by atoms with Gasteiger partial charge in [-0.25, -0.2) is 0 Å². The van der Waals surface area contributed by atoms with Crippen LogP contribution < -0.4 is 9.80 Å². The Morgan fingerprint density at radius 2 is 0.379 bits per heavy atom. The lowest BCUT2D eigenvalue weighted by atomic mass is 9.51. The summed E-state index contributed by atoms with van der Waals surface area (Å²) < 4.78 is 0. The van der Waals surface area contributed by atoms with Crippen LogP contribution in [0, 0.1) is 0 Å². The lowest BCUT2D eigenvalue weighted by Gasteiger charge is -2.50. The van der Waals surface area contributed by atoms with Crippen molar-refractivity contribution < 1.29 is 0 Å². The van der Waals surface area contributed by atoms with Crippen molar-refractivity contribution in [3.8, 4) is 66.8 Å². The number of hydrogen-bond donors (Lipinski definition) is 0. The molecule has 0 amide bonds. The Hall–Kier alpha value is -14.4. The number of fused-ring (bicyclic) bond motifs is 18. The van der Waals surface area contributed by atoms with Crippen molar-refractivity contribution in [3.05, 3.63) is 539 Å². The largest absolute Gasteiger partial charge is 0.310 e. The van der Waals surface area contributed by atoms with Gasteiger partial charge in [0, 0.05) is 39.5 Å². The maximum Gasteiger partial charge on any atom is 0.0720 e. The molecular weight excluding hydrogens is 1400 g/mol. The second-order valence-electron chi connectivity index (χ2n) is 31.7. The Labute approximate surface area is 680 Å². The molecule has 0 saturated heterocycles. The average Bonchev–Trinajstić information content (AvgIpc) is 1.43. The number of anilines is 6. The highest BCUT2D eigenvalue weighted by molar-refractivity contribution is 5.95. The molecule has 0 saturated carbocycles. The zero-order chi connectivity index (χ0) is 77.4. The quantitative estimate of drug-likeness (QED) is 0.120. The second kappa shape index (κ2) is 28.3. The third-order valence-corrected chi connectivity index (χ3v) is 25.4. The van der Waals surface area contributed by atoms with Crippen LogP contribution in [0.3, 0.4) is 0 Å². The van der Waals surface area contributed by atoms with Crippen LogP contribution in [0.2, 0.25) is 0 Å². The third-order valence-electron chi connectivity index (χ3n) is 25.4. The zero-order valence-corrected chi connectivity index (χ0v) is 64.8. The van der Waals surface area contributed by atoms with Crippen molar-refractivity contribution in [3.63, 3.8) is 0 Å².